The number of fused-ring (bicyclic) bond motifs is 1. The van der Waals surface area contributed by atoms with Gasteiger partial charge in [0, 0.05) is 14.0 Å². The van der Waals surface area contributed by atoms with Gasteiger partial charge < -0.3 is 14.2 Å². The van der Waals surface area contributed by atoms with Crippen molar-refractivity contribution in [3.63, 3.8) is 0 Å². The first-order valence-corrected chi connectivity index (χ1v) is 7.16. The van der Waals surface area contributed by atoms with E-state index in [0.29, 0.717) is 17.9 Å². The van der Waals surface area contributed by atoms with Gasteiger partial charge in [0.15, 0.2) is 5.90 Å². The molecule has 6 heteroatoms. The van der Waals surface area contributed by atoms with Gasteiger partial charge in [-0.1, -0.05) is 37.3 Å². The Labute approximate surface area is 129 Å². The molecule has 1 aromatic carbocycles. The fraction of sp³-hybridized carbons (Fsp3) is 0.500. The van der Waals surface area contributed by atoms with E-state index >= 15 is 0 Å². The van der Waals surface area contributed by atoms with Gasteiger partial charge in [0.1, 0.15) is 0 Å². The molecule has 0 saturated carbocycles. The number of hydrogen-bond donors (Lipinski definition) is 0. The number of carbonyl (C=O) groups excluding carboxylic acids is 1. The molecule has 2 heterocycles. The highest BCUT2D eigenvalue weighted by molar-refractivity contribution is 5.88. The summed E-state index contributed by atoms with van der Waals surface area (Å²) in [4.78, 5) is 17.3. The Morgan fingerprint density at radius 3 is 2.50 bits per heavy atom. The van der Waals surface area contributed by atoms with Gasteiger partial charge in [-0.05, 0) is 12.0 Å². The van der Waals surface area contributed by atoms with E-state index in [-0.39, 0.29) is 0 Å². The maximum atomic E-state index is 12.7. The molecule has 0 unspecified atom stereocenters. The van der Waals surface area contributed by atoms with Gasteiger partial charge in [0.05, 0.1) is 7.11 Å². The van der Waals surface area contributed by atoms with Crippen molar-refractivity contribution in [1.82, 2.24) is 0 Å². The second kappa shape index (κ2) is 4.79. The molecule has 0 aromatic heterocycles. The van der Waals surface area contributed by atoms with Gasteiger partial charge in [0.25, 0.3) is 0 Å². The van der Waals surface area contributed by atoms with Crippen molar-refractivity contribution in [1.29, 1.82) is 0 Å². The first-order chi connectivity index (χ1) is 10.5. The first-order valence-electron chi connectivity index (χ1n) is 7.16. The summed E-state index contributed by atoms with van der Waals surface area (Å²) >= 11 is 0. The number of hydrogen-bond acceptors (Lipinski definition) is 6. The van der Waals surface area contributed by atoms with E-state index in [1.807, 2.05) is 37.3 Å². The molecular formula is C16H19NO5. The summed E-state index contributed by atoms with van der Waals surface area (Å²) < 4.78 is 22.1. The van der Waals surface area contributed by atoms with Crippen molar-refractivity contribution >= 4 is 11.9 Å². The summed E-state index contributed by atoms with van der Waals surface area (Å²) in [5.41, 5.74) is -1.74. The van der Waals surface area contributed by atoms with Crippen LogP contribution in [0.5, 0.6) is 0 Å². The standard InChI is InChI=1S/C16H19NO5/c1-5-14-15(13(18)19-3,12-9-7-6-8-10-12)22-16(14,20-4)21-11(2)17-14/h6-10H,5H2,1-4H3/t14-,15-,16-/m1/s1. The summed E-state index contributed by atoms with van der Waals surface area (Å²) in [6.45, 7) is 3.63. The lowest BCUT2D eigenvalue weighted by molar-refractivity contribution is -0.491. The molecule has 3 atom stereocenters. The molecule has 2 aliphatic rings. The largest absolute Gasteiger partial charge is 0.467 e. The predicted molar refractivity (Wildman–Crippen MR) is 78.2 cm³/mol. The molecule has 0 amide bonds. The van der Waals surface area contributed by atoms with E-state index in [2.05, 4.69) is 4.99 Å². The Morgan fingerprint density at radius 1 is 1.27 bits per heavy atom. The second-order valence-electron chi connectivity index (χ2n) is 5.35. The van der Waals surface area contributed by atoms with Crippen LogP contribution in [-0.4, -0.2) is 37.6 Å². The molecule has 3 rings (SSSR count). The molecule has 0 bridgehead atoms. The van der Waals surface area contributed by atoms with Crippen LogP contribution in [0.15, 0.2) is 35.3 Å². The molecule has 0 spiro atoms. The molecule has 6 nitrogen and oxygen atoms in total. The fourth-order valence-electron chi connectivity index (χ4n) is 3.52. The number of benzene rings is 1. The minimum Gasteiger partial charge on any atom is -0.467 e. The monoisotopic (exact) mass is 305 g/mol. The van der Waals surface area contributed by atoms with Crippen molar-refractivity contribution in [3.05, 3.63) is 35.9 Å². The molecule has 2 aliphatic heterocycles. The lowest BCUT2D eigenvalue weighted by Crippen LogP contribution is -2.81. The topological polar surface area (TPSA) is 66.3 Å². The van der Waals surface area contributed by atoms with Crippen LogP contribution < -0.4 is 0 Å². The Morgan fingerprint density at radius 2 is 1.95 bits per heavy atom. The van der Waals surface area contributed by atoms with Gasteiger partial charge in [-0.25, -0.2) is 9.79 Å². The zero-order valence-electron chi connectivity index (χ0n) is 13.1. The number of aliphatic imine (C=N–C) groups is 1. The normalized spacial score (nSPS) is 35.9. The smallest absolute Gasteiger partial charge is 0.360 e. The number of nitrogens with zero attached hydrogens (tertiary/aromatic N) is 1. The lowest BCUT2D eigenvalue weighted by Gasteiger charge is -2.60. The van der Waals surface area contributed by atoms with E-state index in [0.717, 1.165) is 0 Å². The van der Waals surface area contributed by atoms with E-state index in [1.54, 1.807) is 6.92 Å². The molecule has 1 aromatic rings. The summed E-state index contributed by atoms with van der Waals surface area (Å²) in [5, 5.41) is 0. The van der Waals surface area contributed by atoms with Gasteiger partial charge in [-0.3, -0.25) is 4.74 Å². The lowest BCUT2D eigenvalue weighted by atomic mass is 9.66. The van der Waals surface area contributed by atoms with Crippen molar-refractivity contribution in [2.75, 3.05) is 14.2 Å². The molecule has 0 aliphatic carbocycles. The quantitative estimate of drug-likeness (QED) is 0.796. The van der Waals surface area contributed by atoms with E-state index in [1.165, 1.54) is 14.2 Å². The van der Waals surface area contributed by atoms with Crippen LogP contribution in [-0.2, 0) is 29.3 Å². The number of rotatable bonds is 4. The van der Waals surface area contributed by atoms with Gasteiger partial charge in [-0.15, -0.1) is 0 Å². The number of esters is 1. The van der Waals surface area contributed by atoms with Crippen LogP contribution in [0.1, 0.15) is 25.8 Å². The molecule has 0 radical (unpaired) electrons. The highest BCUT2D eigenvalue weighted by Crippen LogP contribution is 2.64. The number of ether oxygens (including phenoxy) is 4. The van der Waals surface area contributed by atoms with E-state index in [4.69, 9.17) is 18.9 Å². The molecular weight excluding hydrogens is 286 g/mol. The zero-order valence-corrected chi connectivity index (χ0v) is 13.1. The van der Waals surface area contributed by atoms with Crippen LogP contribution in [0.2, 0.25) is 0 Å². The van der Waals surface area contributed by atoms with Crippen LogP contribution in [0.3, 0.4) is 0 Å². The Hall–Kier alpha value is -1.92. The summed E-state index contributed by atoms with van der Waals surface area (Å²) in [7, 11) is 2.81. The average Bonchev–Trinajstić information content (AvgIpc) is 2.78. The Bertz CT molecular complexity index is 631. The average molecular weight is 305 g/mol. The number of methoxy groups -OCH3 is 2. The van der Waals surface area contributed by atoms with Crippen LogP contribution in [0.4, 0.5) is 0 Å². The highest BCUT2D eigenvalue weighted by Gasteiger charge is 2.86. The van der Waals surface area contributed by atoms with Gasteiger partial charge >= 0.3 is 11.9 Å². The summed E-state index contributed by atoms with van der Waals surface area (Å²) in [6, 6.07) is 9.18. The molecule has 1 fully saturated rings. The Kier molecular flexibility index (Phi) is 3.27. The third kappa shape index (κ3) is 1.46. The highest BCUT2D eigenvalue weighted by atomic mass is 16.9. The van der Waals surface area contributed by atoms with Crippen molar-refractivity contribution < 1.29 is 23.7 Å². The minimum atomic E-state index is -1.39. The SMILES string of the molecule is CC[C@]12N=C(C)O[C@@]1(OC)O[C@@]2(C(=O)OC)c1ccccc1. The molecule has 22 heavy (non-hydrogen) atoms. The molecule has 1 saturated heterocycles. The van der Waals surface area contributed by atoms with Gasteiger partial charge in [0.2, 0.25) is 11.1 Å². The maximum Gasteiger partial charge on any atom is 0.360 e. The van der Waals surface area contributed by atoms with E-state index in [9.17, 15) is 4.79 Å². The fourth-order valence-corrected chi connectivity index (χ4v) is 3.52. The van der Waals surface area contributed by atoms with Gasteiger partial charge in [-0.2, -0.15) is 0 Å². The summed E-state index contributed by atoms with van der Waals surface area (Å²) in [6.07, 6.45) is 0.488. The first kappa shape index (κ1) is 15.0. The number of carbonyl (C=O) groups is 1. The third-order valence-electron chi connectivity index (χ3n) is 4.44. The van der Waals surface area contributed by atoms with Crippen LogP contribution in [0.25, 0.3) is 0 Å². The minimum absolute atomic E-state index is 0.422. The van der Waals surface area contributed by atoms with Crippen molar-refractivity contribution in [3.8, 4) is 0 Å². The maximum absolute atomic E-state index is 12.7. The molecule has 0 N–H and O–H groups in total. The van der Waals surface area contributed by atoms with Crippen molar-refractivity contribution in [2.45, 2.75) is 37.4 Å². The van der Waals surface area contributed by atoms with E-state index < -0.39 is 23.1 Å². The van der Waals surface area contributed by atoms with Crippen LogP contribution >= 0.6 is 0 Å². The zero-order chi connectivity index (χ0) is 16.0. The molecule has 118 valence electrons. The Balaban J connectivity index is 2.23. The second-order valence-corrected chi connectivity index (χ2v) is 5.35. The predicted octanol–water partition coefficient (Wildman–Crippen LogP) is 1.98. The van der Waals surface area contributed by atoms with Crippen LogP contribution in [0, 0.1) is 0 Å². The summed E-state index contributed by atoms with van der Waals surface area (Å²) in [5.74, 6) is -1.49. The third-order valence-corrected chi connectivity index (χ3v) is 4.44. The van der Waals surface area contributed by atoms with Crippen molar-refractivity contribution in [2.24, 2.45) is 4.99 Å².